The van der Waals surface area contributed by atoms with Gasteiger partial charge in [-0.25, -0.2) is 0 Å². The Labute approximate surface area is 146 Å². The molecule has 9 heteroatoms. The fourth-order valence-electron chi connectivity index (χ4n) is 2.11. The summed E-state index contributed by atoms with van der Waals surface area (Å²) >= 11 is 1.04. The number of aromatic nitrogens is 3. The zero-order valence-corrected chi connectivity index (χ0v) is 14.4. The number of carbonyl (C=O) groups is 1. The third kappa shape index (κ3) is 3.94. The second-order valence-corrected chi connectivity index (χ2v) is 5.95. The Kier molecular flexibility index (Phi) is 4.94. The van der Waals surface area contributed by atoms with Gasteiger partial charge in [0.25, 0.3) is 5.89 Å². The lowest BCUT2D eigenvalue weighted by Gasteiger charge is -2.04. The average molecular weight is 361 g/mol. The molecule has 0 N–H and O–H groups in total. The molecule has 3 aromatic rings. The van der Waals surface area contributed by atoms with Crippen molar-refractivity contribution in [1.29, 1.82) is 0 Å². The topological polar surface area (TPSA) is 96.5 Å². The van der Waals surface area contributed by atoms with Gasteiger partial charge in [-0.05, 0) is 19.1 Å². The lowest BCUT2D eigenvalue weighted by Crippen LogP contribution is -2.22. The van der Waals surface area contributed by atoms with Crippen molar-refractivity contribution in [2.75, 3.05) is 7.11 Å². The zero-order valence-electron chi connectivity index (χ0n) is 13.6. The van der Waals surface area contributed by atoms with Crippen LogP contribution in [0.25, 0.3) is 11.4 Å². The van der Waals surface area contributed by atoms with Crippen molar-refractivity contribution >= 4 is 17.3 Å². The average Bonchev–Trinajstić information content (AvgIpc) is 3.22. The van der Waals surface area contributed by atoms with Gasteiger partial charge in [-0.3, -0.25) is 14.2 Å². The molecule has 0 amide bonds. The molecule has 0 spiro atoms. The van der Waals surface area contributed by atoms with E-state index in [2.05, 4.69) is 10.1 Å². The Morgan fingerprint density at radius 3 is 2.96 bits per heavy atom. The zero-order chi connectivity index (χ0) is 17.8. The molecule has 8 nitrogen and oxygen atoms in total. The first-order valence-electron chi connectivity index (χ1n) is 7.34. The summed E-state index contributed by atoms with van der Waals surface area (Å²) in [6.45, 7) is 1.45. The van der Waals surface area contributed by atoms with Gasteiger partial charge in [-0.15, -0.1) is 0 Å². The maximum absolute atomic E-state index is 11.9. The van der Waals surface area contributed by atoms with Gasteiger partial charge in [-0.1, -0.05) is 28.6 Å². The van der Waals surface area contributed by atoms with Gasteiger partial charge in [0, 0.05) is 16.6 Å². The van der Waals surface area contributed by atoms with Crippen molar-refractivity contribution in [3.63, 3.8) is 0 Å². The molecular formula is C16H15N3O5S. The molecule has 0 aliphatic heterocycles. The number of hydrogen-bond donors (Lipinski definition) is 0. The first-order chi connectivity index (χ1) is 12.1. The summed E-state index contributed by atoms with van der Waals surface area (Å²) in [5, 5.41) is 5.55. The van der Waals surface area contributed by atoms with Crippen molar-refractivity contribution in [1.82, 2.24) is 14.7 Å². The third-order valence-corrected chi connectivity index (χ3v) is 4.30. The van der Waals surface area contributed by atoms with Crippen molar-refractivity contribution in [2.45, 2.75) is 20.1 Å². The highest BCUT2D eigenvalue weighted by Gasteiger charge is 2.13. The molecule has 0 saturated heterocycles. The monoisotopic (exact) mass is 361 g/mol. The number of methoxy groups -OCH3 is 1. The Morgan fingerprint density at radius 1 is 1.40 bits per heavy atom. The SMILES string of the molecule is COc1cccc(-c2noc(COC(=O)Cn3c(C)csc3=O)n2)c1. The fraction of sp³-hybridized carbons (Fsp3) is 0.250. The quantitative estimate of drug-likeness (QED) is 0.620. The van der Waals surface area contributed by atoms with Crippen LogP contribution in [-0.4, -0.2) is 27.8 Å². The molecule has 2 heterocycles. The van der Waals surface area contributed by atoms with E-state index in [9.17, 15) is 9.59 Å². The summed E-state index contributed by atoms with van der Waals surface area (Å²) in [6, 6.07) is 7.20. The number of nitrogens with zero attached hydrogens (tertiary/aromatic N) is 3. The standard InChI is InChI=1S/C16H15N3O5S/c1-10-9-25-16(21)19(10)7-14(20)23-8-13-17-15(18-24-13)11-4-3-5-12(6-11)22-2/h3-6,9H,7-8H2,1-2H3. The first kappa shape index (κ1) is 16.9. The molecule has 0 bridgehead atoms. The molecule has 0 aliphatic rings. The number of carbonyl (C=O) groups excluding carboxylic acids is 1. The van der Waals surface area contributed by atoms with Crippen molar-refractivity contribution < 1.29 is 18.8 Å². The van der Waals surface area contributed by atoms with E-state index < -0.39 is 5.97 Å². The van der Waals surface area contributed by atoms with E-state index in [1.54, 1.807) is 31.5 Å². The minimum atomic E-state index is -0.551. The van der Waals surface area contributed by atoms with Crippen molar-refractivity contribution in [3.8, 4) is 17.1 Å². The molecule has 3 rings (SSSR count). The first-order valence-corrected chi connectivity index (χ1v) is 8.22. The number of ether oxygens (including phenoxy) is 2. The number of esters is 1. The van der Waals surface area contributed by atoms with Gasteiger partial charge in [0.2, 0.25) is 5.82 Å². The van der Waals surface area contributed by atoms with Crippen molar-refractivity contribution in [2.24, 2.45) is 0 Å². The van der Waals surface area contributed by atoms with Crippen LogP contribution in [0.15, 0.2) is 39.0 Å². The number of hydrogen-bond acceptors (Lipinski definition) is 8. The maximum Gasteiger partial charge on any atom is 0.326 e. The number of rotatable bonds is 6. The summed E-state index contributed by atoms with van der Waals surface area (Å²) in [5.41, 5.74) is 1.44. The van der Waals surface area contributed by atoms with Crippen LogP contribution in [0, 0.1) is 6.92 Å². The van der Waals surface area contributed by atoms with Gasteiger partial charge in [0.05, 0.1) is 7.11 Å². The van der Waals surface area contributed by atoms with Crippen molar-refractivity contribution in [3.05, 3.63) is 50.9 Å². The molecule has 0 radical (unpaired) electrons. The van der Waals surface area contributed by atoms with E-state index in [1.807, 2.05) is 12.1 Å². The van der Waals surface area contributed by atoms with Gasteiger partial charge in [-0.2, -0.15) is 4.98 Å². The van der Waals surface area contributed by atoms with E-state index >= 15 is 0 Å². The van der Waals surface area contributed by atoms with Crippen LogP contribution in [0.4, 0.5) is 0 Å². The van der Waals surface area contributed by atoms with E-state index in [4.69, 9.17) is 14.0 Å². The molecule has 0 aliphatic carbocycles. The van der Waals surface area contributed by atoms with E-state index in [1.165, 1.54) is 4.57 Å². The molecule has 0 saturated carbocycles. The minimum Gasteiger partial charge on any atom is -0.497 e. The Balaban J connectivity index is 1.62. The largest absolute Gasteiger partial charge is 0.497 e. The van der Waals surface area contributed by atoms with Crippen LogP contribution < -0.4 is 9.61 Å². The smallest absolute Gasteiger partial charge is 0.326 e. The molecule has 0 unspecified atom stereocenters. The van der Waals surface area contributed by atoms with Gasteiger partial charge >= 0.3 is 10.8 Å². The second-order valence-electron chi connectivity index (χ2n) is 5.13. The fourth-order valence-corrected chi connectivity index (χ4v) is 2.84. The van der Waals surface area contributed by atoms with Gasteiger partial charge < -0.3 is 14.0 Å². The van der Waals surface area contributed by atoms with Crippen LogP contribution in [0.1, 0.15) is 11.6 Å². The Hall–Kier alpha value is -2.94. The van der Waals surface area contributed by atoms with Crippen LogP contribution in [0.2, 0.25) is 0 Å². The predicted molar refractivity (Wildman–Crippen MR) is 89.4 cm³/mol. The molecule has 25 heavy (non-hydrogen) atoms. The number of aryl methyl sites for hydroxylation is 1. The normalized spacial score (nSPS) is 10.6. The van der Waals surface area contributed by atoms with Crippen LogP contribution >= 0.6 is 11.3 Å². The second kappa shape index (κ2) is 7.31. The van der Waals surface area contributed by atoms with Gasteiger partial charge in [0.15, 0.2) is 6.61 Å². The third-order valence-electron chi connectivity index (χ3n) is 3.42. The number of benzene rings is 1. The molecule has 1 aromatic carbocycles. The van der Waals surface area contributed by atoms with Crippen LogP contribution in [0.5, 0.6) is 5.75 Å². The highest BCUT2D eigenvalue weighted by atomic mass is 32.1. The van der Waals surface area contributed by atoms with E-state index in [0.717, 1.165) is 16.9 Å². The molecule has 2 aromatic heterocycles. The lowest BCUT2D eigenvalue weighted by molar-refractivity contribution is -0.146. The summed E-state index contributed by atoms with van der Waals surface area (Å²) in [5.74, 6) is 0.659. The van der Waals surface area contributed by atoms with Gasteiger partial charge in [0.1, 0.15) is 12.3 Å². The summed E-state index contributed by atoms with van der Waals surface area (Å²) < 4.78 is 16.7. The Morgan fingerprint density at radius 2 is 2.24 bits per heavy atom. The minimum absolute atomic E-state index is 0.148. The Bertz CT molecular complexity index is 943. The molecular weight excluding hydrogens is 346 g/mol. The lowest BCUT2D eigenvalue weighted by atomic mass is 10.2. The highest BCUT2D eigenvalue weighted by molar-refractivity contribution is 7.07. The summed E-state index contributed by atoms with van der Waals surface area (Å²) in [4.78, 5) is 27.4. The van der Waals surface area contributed by atoms with E-state index in [0.29, 0.717) is 17.3 Å². The molecule has 0 fully saturated rings. The maximum atomic E-state index is 11.9. The number of thiazole rings is 1. The van der Waals surface area contributed by atoms with Crippen LogP contribution in [-0.2, 0) is 22.7 Å². The molecule has 0 atom stereocenters. The van der Waals surface area contributed by atoms with E-state index in [-0.39, 0.29) is 23.9 Å². The highest BCUT2D eigenvalue weighted by Crippen LogP contribution is 2.21. The summed E-state index contributed by atoms with van der Waals surface area (Å²) in [6.07, 6.45) is 0. The van der Waals surface area contributed by atoms with Crippen LogP contribution in [0.3, 0.4) is 0 Å². The molecule has 130 valence electrons. The summed E-state index contributed by atoms with van der Waals surface area (Å²) in [7, 11) is 1.57. The predicted octanol–water partition coefficient (Wildman–Crippen LogP) is 2.02.